The van der Waals surface area contributed by atoms with Gasteiger partial charge in [-0.3, -0.25) is 0 Å². The minimum atomic E-state index is -4.50. The van der Waals surface area contributed by atoms with Crippen molar-refractivity contribution in [2.75, 3.05) is 0 Å². The first-order valence-corrected chi connectivity index (χ1v) is 8.05. The maximum absolute atomic E-state index is 13.0. The number of aromatic nitrogens is 4. The molecule has 1 N–H and O–H groups in total. The van der Waals surface area contributed by atoms with Crippen molar-refractivity contribution in [1.29, 1.82) is 0 Å². The van der Waals surface area contributed by atoms with Gasteiger partial charge in [-0.05, 0) is 44.5 Å². The molecule has 2 heterocycles. The quantitative estimate of drug-likeness (QED) is 0.676. The van der Waals surface area contributed by atoms with E-state index in [0.29, 0.717) is 22.6 Å². The van der Waals surface area contributed by atoms with Crippen LogP contribution in [0.1, 0.15) is 28.1 Å². The number of nitrogens with zero attached hydrogens (tertiary/aromatic N) is 4. The van der Waals surface area contributed by atoms with E-state index in [0.717, 1.165) is 16.8 Å². The molecule has 28 heavy (non-hydrogen) atoms. The fourth-order valence-electron chi connectivity index (χ4n) is 2.77. The second-order valence-electron chi connectivity index (χ2n) is 6.18. The van der Waals surface area contributed by atoms with Gasteiger partial charge in [0.1, 0.15) is 12.1 Å². The Bertz CT molecular complexity index is 1060. The third kappa shape index (κ3) is 3.80. The topological polar surface area (TPSA) is 94.0 Å². The Hall–Kier alpha value is -3.43. The first-order chi connectivity index (χ1) is 13.1. The summed E-state index contributed by atoms with van der Waals surface area (Å²) in [5.74, 6) is -0.879. The lowest BCUT2D eigenvalue weighted by molar-refractivity contribution is -0.137. The van der Waals surface area contributed by atoms with E-state index in [1.807, 2.05) is 0 Å². The summed E-state index contributed by atoms with van der Waals surface area (Å²) in [6.07, 6.45) is -2.08. The van der Waals surface area contributed by atoms with Crippen LogP contribution in [0, 0.1) is 20.8 Å². The molecule has 3 aromatic rings. The van der Waals surface area contributed by atoms with Crippen molar-refractivity contribution in [3.63, 3.8) is 0 Å². The molecule has 0 aliphatic heterocycles. The molecule has 2 aromatic heterocycles. The number of hydrogen-bond donors (Lipinski definition) is 1. The Kier molecular flexibility index (Phi) is 4.80. The van der Waals surface area contributed by atoms with Crippen molar-refractivity contribution in [2.45, 2.75) is 26.9 Å². The monoisotopic (exact) mass is 392 g/mol. The van der Waals surface area contributed by atoms with Crippen LogP contribution in [0.25, 0.3) is 23.2 Å². The van der Waals surface area contributed by atoms with Crippen molar-refractivity contribution in [2.24, 2.45) is 0 Å². The molecule has 146 valence electrons. The van der Waals surface area contributed by atoms with Crippen LogP contribution in [-0.2, 0) is 11.0 Å². The molecule has 0 amide bonds. The minimum absolute atomic E-state index is 0.0361. The van der Waals surface area contributed by atoms with Crippen molar-refractivity contribution in [3.8, 4) is 11.4 Å². The summed E-state index contributed by atoms with van der Waals surface area (Å²) in [7, 11) is 0. The number of halogens is 3. The van der Waals surface area contributed by atoms with E-state index < -0.39 is 17.7 Å². The van der Waals surface area contributed by atoms with Crippen molar-refractivity contribution >= 4 is 17.7 Å². The molecule has 0 spiro atoms. The number of benzene rings is 1. The van der Waals surface area contributed by atoms with Crippen LogP contribution in [0.3, 0.4) is 0 Å². The Labute approximate surface area is 157 Å². The maximum Gasteiger partial charge on any atom is 0.416 e. The van der Waals surface area contributed by atoms with Gasteiger partial charge in [0.05, 0.1) is 22.4 Å². The molecule has 0 unspecified atom stereocenters. The predicted octanol–water partition coefficient (Wildman–Crippen LogP) is 3.96. The first kappa shape index (κ1) is 19.3. The molecule has 0 atom stereocenters. The van der Waals surface area contributed by atoms with Gasteiger partial charge in [-0.2, -0.15) is 13.2 Å². The SMILES string of the molecule is Cc1cc(-c2ncn(/C=C(/C(=O)O)c3c(C)noc3C)n2)cc(C(F)(F)F)c1. The average Bonchev–Trinajstić information content (AvgIpc) is 3.18. The zero-order chi connectivity index (χ0) is 20.6. The fourth-order valence-corrected chi connectivity index (χ4v) is 2.77. The standard InChI is InChI=1S/C18H15F3N4O3/c1-9-4-12(6-13(5-9)18(19,20)21)16-22-8-25(23-16)7-14(17(26)27)15-10(2)24-28-11(15)3/h4-8H,1-3H3,(H,26,27)/b14-7+. The Morgan fingerprint density at radius 1 is 1.21 bits per heavy atom. The number of alkyl halides is 3. The van der Waals surface area contributed by atoms with Crippen molar-refractivity contribution < 1.29 is 27.6 Å². The highest BCUT2D eigenvalue weighted by molar-refractivity contribution is 6.19. The fraction of sp³-hybridized carbons (Fsp3) is 0.222. The third-order valence-corrected chi connectivity index (χ3v) is 3.97. The lowest BCUT2D eigenvalue weighted by Gasteiger charge is -2.09. The highest BCUT2D eigenvalue weighted by Crippen LogP contribution is 2.32. The molecule has 0 saturated heterocycles. The summed E-state index contributed by atoms with van der Waals surface area (Å²) >= 11 is 0. The van der Waals surface area contributed by atoms with Crippen LogP contribution in [0.15, 0.2) is 29.0 Å². The van der Waals surface area contributed by atoms with Gasteiger partial charge in [-0.25, -0.2) is 14.5 Å². The van der Waals surface area contributed by atoms with E-state index in [4.69, 9.17) is 4.52 Å². The molecule has 7 nitrogen and oxygen atoms in total. The van der Waals surface area contributed by atoms with Gasteiger partial charge in [0, 0.05) is 11.8 Å². The second kappa shape index (κ2) is 6.95. The Balaban J connectivity index is 2.04. The second-order valence-corrected chi connectivity index (χ2v) is 6.18. The lowest BCUT2D eigenvalue weighted by Crippen LogP contribution is -2.05. The zero-order valence-electron chi connectivity index (χ0n) is 15.1. The van der Waals surface area contributed by atoms with Gasteiger partial charge in [0.25, 0.3) is 0 Å². The minimum Gasteiger partial charge on any atom is -0.478 e. The normalized spacial score (nSPS) is 12.4. The molecule has 0 bridgehead atoms. The van der Waals surface area contributed by atoms with E-state index >= 15 is 0 Å². The molecule has 0 saturated carbocycles. The molecular formula is C18H15F3N4O3. The van der Waals surface area contributed by atoms with Crippen LogP contribution < -0.4 is 0 Å². The first-order valence-electron chi connectivity index (χ1n) is 8.05. The van der Waals surface area contributed by atoms with Gasteiger partial charge >= 0.3 is 12.1 Å². The Morgan fingerprint density at radius 2 is 1.93 bits per heavy atom. The van der Waals surface area contributed by atoms with Crippen LogP contribution in [0.2, 0.25) is 0 Å². The van der Waals surface area contributed by atoms with Crippen LogP contribution in [0.4, 0.5) is 13.2 Å². The summed E-state index contributed by atoms with van der Waals surface area (Å²) in [4.78, 5) is 15.7. The highest BCUT2D eigenvalue weighted by Gasteiger charge is 2.31. The molecule has 0 radical (unpaired) electrons. The number of carbonyl (C=O) groups is 1. The Morgan fingerprint density at radius 3 is 2.50 bits per heavy atom. The molecular weight excluding hydrogens is 377 g/mol. The number of carboxylic acids is 1. The van der Waals surface area contributed by atoms with E-state index in [-0.39, 0.29) is 17.0 Å². The van der Waals surface area contributed by atoms with Crippen molar-refractivity contribution in [1.82, 2.24) is 19.9 Å². The van der Waals surface area contributed by atoms with Gasteiger partial charge in [-0.1, -0.05) is 5.16 Å². The number of aliphatic carboxylic acids is 1. The molecule has 0 aliphatic carbocycles. The molecule has 10 heteroatoms. The maximum atomic E-state index is 13.0. The number of hydrogen-bond acceptors (Lipinski definition) is 5. The highest BCUT2D eigenvalue weighted by atomic mass is 19.4. The predicted molar refractivity (Wildman–Crippen MR) is 93.0 cm³/mol. The smallest absolute Gasteiger partial charge is 0.416 e. The third-order valence-electron chi connectivity index (χ3n) is 3.97. The van der Waals surface area contributed by atoms with E-state index in [1.165, 1.54) is 25.5 Å². The van der Waals surface area contributed by atoms with Gasteiger partial charge < -0.3 is 9.63 Å². The van der Waals surface area contributed by atoms with E-state index in [2.05, 4.69) is 15.2 Å². The lowest BCUT2D eigenvalue weighted by atomic mass is 10.1. The van der Waals surface area contributed by atoms with Crippen LogP contribution in [0.5, 0.6) is 0 Å². The summed E-state index contributed by atoms with van der Waals surface area (Å²) in [5.41, 5.74) is 0.330. The summed E-state index contributed by atoms with van der Waals surface area (Å²) in [5, 5.41) is 17.3. The summed E-state index contributed by atoms with van der Waals surface area (Å²) in [6.45, 7) is 4.71. The van der Waals surface area contributed by atoms with Gasteiger partial charge in [0.2, 0.25) is 0 Å². The van der Waals surface area contributed by atoms with Gasteiger partial charge in [0.15, 0.2) is 5.82 Å². The van der Waals surface area contributed by atoms with Crippen LogP contribution in [-0.4, -0.2) is 31.0 Å². The van der Waals surface area contributed by atoms with E-state index in [9.17, 15) is 23.1 Å². The molecule has 1 aromatic carbocycles. The van der Waals surface area contributed by atoms with Crippen molar-refractivity contribution in [3.05, 3.63) is 52.7 Å². The number of rotatable bonds is 4. The number of carboxylic acid groups (broad SMARTS) is 1. The number of aryl methyl sites for hydroxylation is 3. The average molecular weight is 392 g/mol. The molecule has 3 rings (SSSR count). The summed E-state index contributed by atoms with van der Waals surface area (Å²) < 4.78 is 45.2. The zero-order valence-corrected chi connectivity index (χ0v) is 15.1. The summed E-state index contributed by atoms with van der Waals surface area (Å²) in [6, 6.07) is 3.49. The van der Waals surface area contributed by atoms with E-state index in [1.54, 1.807) is 13.8 Å². The van der Waals surface area contributed by atoms with Gasteiger partial charge in [-0.15, -0.1) is 5.10 Å². The molecule has 0 fully saturated rings. The largest absolute Gasteiger partial charge is 0.478 e. The molecule has 0 aliphatic rings. The van der Waals surface area contributed by atoms with Crippen LogP contribution >= 0.6 is 0 Å².